The molecule has 0 bridgehead atoms. The third-order valence-corrected chi connectivity index (χ3v) is 5.13. The Morgan fingerprint density at radius 1 is 0.818 bits per heavy atom. The van der Waals surface area contributed by atoms with E-state index in [2.05, 4.69) is 16.0 Å². The van der Waals surface area contributed by atoms with Gasteiger partial charge in [0.05, 0.1) is 12.5 Å². The Morgan fingerprint density at radius 2 is 1.39 bits per heavy atom. The van der Waals surface area contributed by atoms with Crippen LogP contribution in [0.1, 0.15) is 39.5 Å². The summed E-state index contributed by atoms with van der Waals surface area (Å²) in [6.07, 6.45) is 0.457. The fourth-order valence-electron chi connectivity index (χ4n) is 2.64. The lowest BCUT2D eigenvalue weighted by Gasteiger charge is -2.26. The van der Waals surface area contributed by atoms with E-state index in [-0.39, 0.29) is 12.8 Å². The molecule has 0 aliphatic rings. The van der Waals surface area contributed by atoms with Crippen LogP contribution in [0.25, 0.3) is 0 Å². The van der Waals surface area contributed by atoms with Gasteiger partial charge in [-0.25, -0.2) is 4.79 Å². The van der Waals surface area contributed by atoms with Crippen molar-refractivity contribution in [3.05, 3.63) is 0 Å². The van der Waals surface area contributed by atoms with Gasteiger partial charge in [0.25, 0.3) is 0 Å². The van der Waals surface area contributed by atoms with Crippen molar-refractivity contribution in [3.63, 3.8) is 0 Å². The van der Waals surface area contributed by atoms with E-state index in [0.29, 0.717) is 5.75 Å². The van der Waals surface area contributed by atoms with Crippen LogP contribution in [-0.2, 0) is 28.8 Å². The molecule has 0 radical (unpaired) electrons. The molecule has 13 nitrogen and oxygen atoms in total. The van der Waals surface area contributed by atoms with Gasteiger partial charge in [-0.3, -0.25) is 24.0 Å². The van der Waals surface area contributed by atoms with Gasteiger partial charge in [0.1, 0.15) is 18.1 Å². The molecule has 0 fully saturated rings. The molecule has 14 heteroatoms. The van der Waals surface area contributed by atoms with E-state index in [1.807, 2.05) is 0 Å². The number of rotatable bonds is 16. The van der Waals surface area contributed by atoms with Crippen molar-refractivity contribution in [1.82, 2.24) is 16.0 Å². The fraction of sp³-hybridized carbons (Fsp3) is 0.684. The molecule has 0 aliphatic heterocycles. The van der Waals surface area contributed by atoms with Crippen LogP contribution in [-0.4, -0.2) is 87.1 Å². The number of aliphatic carboxylic acids is 3. The van der Waals surface area contributed by atoms with Gasteiger partial charge in [-0.1, -0.05) is 13.8 Å². The molecule has 8 N–H and O–H groups in total. The number of nitrogens with one attached hydrogen (secondary N) is 3. The van der Waals surface area contributed by atoms with Crippen molar-refractivity contribution < 1.29 is 44.1 Å². The van der Waals surface area contributed by atoms with Crippen LogP contribution in [0.3, 0.4) is 0 Å². The summed E-state index contributed by atoms with van der Waals surface area (Å²) in [6, 6.07) is -5.12. The van der Waals surface area contributed by atoms with Crippen LogP contribution in [0.15, 0.2) is 0 Å². The molecule has 0 aromatic carbocycles. The minimum absolute atomic E-state index is 0.140. The van der Waals surface area contributed by atoms with Crippen molar-refractivity contribution in [3.8, 4) is 0 Å². The number of carboxylic acid groups (broad SMARTS) is 3. The maximum absolute atomic E-state index is 12.8. The van der Waals surface area contributed by atoms with Crippen molar-refractivity contribution in [2.75, 3.05) is 12.0 Å². The van der Waals surface area contributed by atoms with E-state index in [4.69, 9.17) is 15.9 Å². The first-order chi connectivity index (χ1) is 15.3. The first kappa shape index (κ1) is 30.1. The summed E-state index contributed by atoms with van der Waals surface area (Å²) < 4.78 is 0. The number of carbonyl (C=O) groups is 6. The zero-order chi connectivity index (χ0) is 25.7. The predicted octanol–water partition coefficient (Wildman–Crippen LogP) is -1.40. The zero-order valence-corrected chi connectivity index (χ0v) is 19.5. The molecule has 0 rings (SSSR count). The largest absolute Gasteiger partial charge is 0.481 e. The molecule has 0 aliphatic carbocycles. The van der Waals surface area contributed by atoms with E-state index in [1.54, 1.807) is 20.1 Å². The smallest absolute Gasteiger partial charge is 0.326 e. The third kappa shape index (κ3) is 12.1. The van der Waals surface area contributed by atoms with Crippen LogP contribution < -0.4 is 21.7 Å². The molecule has 0 heterocycles. The second-order valence-corrected chi connectivity index (χ2v) is 8.59. The standard InChI is InChI=1S/C19H32N4O9S/c1-9(2)15(23-16(28)10(20)8-14(26)27)18(30)21-11(6-7-33-3)17(29)22-12(19(31)32)4-5-13(24)25/h9-12,15H,4-8,20H2,1-3H3,(H,21,30)(H,22,29)(H,23,28)(H,24,25)(H,26,27)(H,31,32). The van der Waals surface area contributed by atoms with Gasteiger partial charge in [0.2, 0.25) is 17.7 Å². The first-order valence-electron chi connectivity index (χ1n) is 10.1. The lowest BCUT2D eigenvalue weighted by atomic mass is 10.0. The number of carboxylic acids is 3. The summed E-state index contributed by atoms with van der Waals surface area (Å²) >= 11 is 1.38. The van der Waals surface area contributed by atoms with E-state index in [9.17, 15) is 33.9 Å². The SMILES string of the molecule is CSCCC(NC(=O)C(NC(=O)C(N)CC(=O)O)C(C)C)C(=O)NC(CCC(=O)O)C(=O)O. The second kappa shape index (κ2) is 15.1. The number of hydrogen-bond acceptors (Lipinski definition) is 8. The van der Waals surface area contributed by atoms with Crippen LogP contribution in [0, 0.1) is 5.92 Å². The van der Waals surface area contributed by atoms with Gasteiger partial charge in [-0.2, -0.15) is 11.8 Å². The van der Waals surface area contributed by atoms with Crippen molar-refractivity contribution in [2.45, 2.75) is 63.7 Å². The Bertz CT molecular complexity index is 732. The Kier molecular flexibility index (Phi) is 13.7. The minimum atomic E-state index is -1.46. The van der Waals surface area contributed by atoms with Crippen molar-refractivity contribution in [1.29, 1.82) is 0 Å². The molecule has 0 spiro atoms. The summed E-state index contributed by atoms with van der Waals surface area (Å²) in [4.78, 5) is 70.5. The van der Waals surface area contributed by atoms with Gasteiger partial charge in [0, 0.05) is 6.42 Å². The average molecular weight is 493 g/mol. The van der Waals surface area contributed by atoms with Crippen LogP contribution in [0.5, 0.6) is 0 Å². The second-order valence-electron chi connectivity index (χ2n) is 7.61. The molecule has 0 saturated carbocycles. The summed E-state index contributed by atoms with van der Waals surface area (Å²) in [5.74, 6) is -6.33. The number of nitrogens with two attached hydrogens (primary N) is 1. The number of carbonyl (C=O) groups excluding carboxylic acids is 3. The van der Waals surface area contributed by atoms with Gasteiger partial charge in [-0.15, -0.1) is 0 Å². The molecule has 4 atom stereocenters. The summed E-state index contributed by atoms with van der Waals surface area (Å²) in [5.41, 5.74) is 5.53. The summed E-state index contributed by atoms with van der Waals surface area (Å²) in [7, 11) is 0. The molecule has 4 unspecified atom stereocenters. The number of amides is 3. The van der Waals surface area contributed by atoms with Gasteiger partial charge in [0.15, 0.2) is 0 Å². The monoisotopic (exact) mass is 492 g/mol. The van der Waals surface area contributed by atoms with Gasteiger partial charge < -0.3 is 37.0 Å². The highest BCUT2D eigenvalue weighted by molar-refractivity contribution is 7.98. The van der Waals surface area contributed by atoms with Crippen molar-refractivity contribution >= 4 is 47.4 Å². The summed E-state index contributed by atoms with van der Waals surface area (Å²) in [5, 5.41) is 33.9. The lowest BCUT2D eigenvalue weighted by Crippen LogP contribution is -2.58. The molecular formula is C19H32N4O9S. The Balaban J connectivity index is 5.40. The van der Waals surface area contributed by atoms with Gasteiger partial charge >= 0.3 is 17.9 Å². The highest BCUT2D eigenvalue weighted by Crippen LogP contribution is 2.08. The minimum Gasteiger partial charge on any atom is -0.481 e. The molecule has 188 valence electrons. The first-order valence-corrected chi connectivity index (χ1v) is 11.5. The maximum Gasteiger partial charge on any atom is 0.326 e. The normalized spacial score (nSPS) is 14.5. The topological polar surface area (TPSA) is 225 Å². The van der Waals surface area contributed by atoms with E-state index in [1.165, 1.54) is 11.8 Å². The Hall–Kier alpha value is -2.87. The molecule has 0 aromatic rings. The quantitative estimate of drug-likeness (QED) is 0.133. The van der Waals surface area contributed by atoms with Crippen LogP contribution >= 0.6 is 11.8 Å². The van der Waals surface area contributed by atoms with Crippen LogP contribution in [0.2, 0.25) is 0 Å². The highest BCUT2D eigenvalue weighted by Gasteiger charge is 2.32. The van der Waals surface area contributed by atoms with E-state index in [0.717, 1.165) is 0 Å². The van der Waals surface area contributed by atoms with Gasteiger partial charge in [-0.05, 0) is 30.8 Å². The average Bonchev–Trinajstić information content (AvgIpc) is 2.70. The lowest BCUT2D eigenvalue weighted by molar-refractivity contribution is -0.143. The fourth-order valence-corrected chi connectivity index (χ4v) is 3.11. The highest BCUT2D eigenvalue weighted by atomic mass is 32.2. The summed E-state index contributed by atoms with van der Waals surface area (Å²) in [6.45, 7) is 3.24. The zero-order valence-electron chi connectivity index (χ0n) is 18.7. The number of hydrogen-bond donors (Lipinski definition) is 7. The molecule has 0 aromatic heterocycles. The molecule has 3 amide bonds. The number of thioether (sulfide) groups is 1. The molecule has 0 saturated heterocycles. The molecular weight excluding hydrogens is 460 g/mol. The van der Waals surface area contributed by atoms with Crippen molar-refractivity contribution in [2.24, 2.45) is 11.7 Å². The predicted molar refractivity (Wildman–Crippen MR) is 118 cm³/mol. The van der Waals surface area contributed by atoms with E-state index < -0.39 is 78.6 Å². The Morgan fingerprint density at radius 3 is 1.85 bits per heavy atom. The molecule has 33 heavy (non-hydrogen) atoms. The Labute approximate surface area is 195 Å². The van der Waals surface area contributed by atoms with Crippen LogP contribution in [0.4, 0.5) is 0 Å². The van der Waals surface area contributed by atoms with E-state index >= 15 is 0 Å². The third-order valence-electron chi connectivity index (χ3n) is 4.48. The maximum atomic E-state index is 12.8.